The minimum absolute atomic E-state index is 0.0154. The molecule has 2 aromatic heterocycles. The summed E-state index contributed by atoms with van der Waals surface area (Å²) in [4.78, 5) is 16.4. The van der Waals surface area contributed by atoms with E-state index in [-0.39, 0.29) is 11.4 Å². The lowest BCUT2D eigenvalue weighted by molar-refractivity contribution is 0.0602. The first-order valence-electron chi connectivity index (χ1n) is 10.3. The quantitative estimate of drug-likeness (QED) is 0.409. The number of carboxylic acids is 1. The van der Waals surface area contributed by atoms with Crippen LogP contribution in [0.1, 0.15) is 48.3 Å². The normalized spacial score (nSPS) is 11.6. The second-order valence-electron chi connectivity index (χ2n) is 8.02. The number of benzene rings is 2. The van der Waals surface area contributed by atoms with E-state index in [1.54, 1.807) is 18.4 Å². The van der Waals surface area contributed by atoms with Crippen LogP contribution < -0.4 is 0 Å². The van der Waals surface area contributed by atoms with Gasteiger partial charge in [0.1, 0.15) is 17.1 Å². The van der Waals surface area contributed by atoms with Crippen LogP contribution in [0, 0.1) is 0 Å². The van der Waals surface area contributed by atoms with Gasteiger partial charge in [0.25, 0.3) is 0 Å². The Balaban J connectivity index is 1.70. The van der Waals surface area contributed by atoms with Crippen molar-refractivity contribution in [1.29, 1.82) is 0 Å². The number of carbonyl (C=O) groups is 1. The van der Waals surface area contributed by atoms with Gasteiger partial charge in [-0.3, -0.25) is 0 Å². The predicted octanol–water partition coefficient (Wildman–Crippen LogP) is 3.27. The Morgan fingerprint density at radius 1 is 1.09 bits per heavy atom. The summed E-state index contributed by atoms with van der Waals surface area (Å²) < 4.78 is 1.67. The van der Waals surface area contributed by atoms with Crippen LogP contribution in [-0.2, 0) is 18.6 Å². The summed E-state index contributed by atoms with van der Waals surface area (Å²) >= 11 is 0. The van der Waals surface area contributed by atoms with Gasteiger partial charge < -0.3 is 14.8 Å². The summed E-state index contributed by atoms with van der Waals surface area (Å²) in [6, 6.07) is 15.7. The van der Waals surface area contributed by atoms with E-state index in [9.17, 15) is 15.0 Å². The lowest BCUT2D eigenvalue weighted by atomic mass is 9.98. The Bertz CT molecular complexity index is 1240. The first-order valence-corrected chi connectivity index (χ1v) is 10.3. The number of rotatable bonds is 7. The summed E-state index contributed by atoms with van der Waals surface area (Å²) in [7, 11) is 0. The van der Waals surface area contributed by atoms with Crippen LogP contribution in [0.5, 0.6) is 0 Å². The van der Waals surface area contributed by atoms with Gasteiger partial charge in [0, 0.05) is 18.5 Å². The van der Waals surface area contributed by atoms with Gasteiger partial charge in [0.2, 0.25) is 0 Å². The Kier molecular flexibility index (Phi) is 5.58. The number of imidazole rings is 1. The monoisotopic (exact) mass is 432 g/mol. The molecule has 0 amide bonds. The van der Waals surface area contributed by atoms with E-state index < -0.39 is 11.6 Å². The van der Waals surface area contributed by atoms with Crippen LogP contribution in [0.3, 0.4) is 0 Å². The fraction of sp³-hybridized carbons (Fsp3) is 0.261. The van der Waals surface area contributed by atoms with Crippen molar-refractivity contribution >= 4 is 5.97 Å². The molecule has 0 fully saturated rings. The number of nitrogens with zero attached hydrogens (tertiary/aromatic N) is 5. The minimum Gasteiger partial charge on any atom is -0.477 e. The zero-order valence-electron chi connectivity index (χ0n) is 18.1. The molecule has 0 saturated carbocycles. The molecular formula is C23H24N6O3. The predicted molar refractivity (Wildman–Crippen MR) is 118 cm³/mol. The van der Waals surface area contributed by atoms with Gasteiger partial charge in [0.15, 0.2) is 11.5 Å². The fourth-order valence-electron chi connectivity index (χ4n) is 3.77. The average molecular weight is 432 g/mol. The number of hydrogen-bond donors (Lipinski definition) is 3. The number of hydrogen-bond acceptors (Lipinski definition) is 6. The third-order valence-corrected chi connectivity index (χ3v) is 5.28. The van der Waals surface area contributed by atoms with Crippen molar-refractivity contribution in [3.63, 3.8) is 0 Å². The molecule has 0 spiro atoms. The van der Waals surface area contributed by atoms with Crippen molar-refractivity contribution in [2.75, 3.05) is 0 Å². The van der Waals surface area contributed by atoms with Crippen LogP contribution in [0.25, 0.3) is 22.5 Å². The molecule has 2 aromatic carbocycles. The molecular weight excluding hydrogens is 408 g/mol. The van der Waals surface area contributed by atoms with Crippen molar-refractivity contribution in [2.24, 2.45) is 0 Å². The molecule has 0 aliphatic heterocycles. The zero-order chi connectivity index (χ0) is 22.9. The largest absolute Gasteiger partial charge is 0.477 e. The molecule has 0 radical (unpaired) electrons. The molecule has 0 unspecified atom stereocenters. The number of tetrazole rings is 1. The lowest BCUT2D eigenvalue weighted by Gasteiger charge is -2.16. The van der Waals surface area contributed by atoms with Gasteiger partial charge in [-0.15, -0.1) is 5.10 Å². The Hall–Kier alpha value is -3.85. The van der Waals surface area contributed by atoms with E-state index in [4.69, 9.17) is 0 Å². The third kappa shape index (κ3) is 4.02. The van der Waals surface area contributed by atoms with E-state index >= 15 is 0 Å². The maximum atomic E-state index is 12.0. The molecule has 0 aliphatic rings. The van der Waals surface area contributed by atoms with Crippen molar-refractivity contribution < 1.29 is 15.0 Å². The van der Waals surface area contributed by atoms with Crippen LogP contribution in [0.15, 0.2) is 48.5 Å². The highest BCUT2D eigenvalue weighted by molar-refractivity contribution is 5.87. The first kappa shape index (κ1) is 21.4. The number of aryl methyl sites for hydroxylation is 1. The summed E-state index contributed by atoms with van der Waals surface area (Å²) in [6.45, 7) is 5.34. The topological polar surface area (TPSA) is 130 Å². The van der Waals surface area contributed by atoms with Gasteiger partial charge in [0.05, 0.1) is 0 Å². The highest BCUT2D eigenvalue weighted by Gasteiger charge is 2.31. The molecule has 9 heteroatoms. The van der Waals surface area contributed by atoms with E-state index in [2.05, 4.69) is 25.6 Å². The Morgan fingerprint density at radius 2 is 1.78 bits per heavy atom. The molecule has 32 heavy (non-hydrogen) atoms. The van der Waals surface area contributed by atoms with E-state index in [1.807, 2.05) is 55.5 Å². The van der Waals surface area contributed by atoms with Crippen molar-refractivity contribution in [3.8, 4) is 22.5 Å². The van der Waals surface area contributed by atoms with Crippen LogP contribution in [0.4, 0.5) is 0 Å². The molecule has 0 aliphatic carbocycles. The molecule has 3 N–H and O–H groups in total. The number of carboxylic acid groups (broad SMARTS) is 1. The lowest BCUT2D eigenvalue weighted by Crippen LogP contribution is -2.22. The summed E-state index contributed by atoms with van der Waals surface area (Å²) in [5.41, 5.74) is 2.60. The van der Waals surface area contributed by atoms with Crippen molar-refractivity contribution in [2.45, 2.75) is 39.3 Å². The first-order chi connectivity index (χ1) is 15.3. The van der Waals surface area contributed by atoms with Gasteiger partial charge >= 0.3 is 5.97 Å². The van der Waals surface area contributed by atoms with Crippen LogP contribution >= 0.6 is 0 Å². The third-order valence-electron chi connectivity index (χ3n) is 5.28. The number of nitrogens with one attached hydrogen (secondary N) is 1. The standard InChI is InChI=1S/C23H24N6O3/c1-4-18-24-20(23(2,3)32)19(22(30)31)29(18)13-14-9-11-15(12-10-14)16-7-5-6-8-17(16)21-25-27-28-26-21/h5-12,32H,4,13H2,1-3H3,(H,30,31)(H,25,26,27,28). The van der Waals surface area contributed by atoms with E-state index in [0.29, 0.717) is 24.6 Å². The second-order valence-corrected chi connectivity index (χ2v) is 8.02. The number of aromatic nitrogens is 6. The minimum atomic E-state index is -1.36. The second kappa shape index (κ2) is 8.35. The van der Waals surface area contributed by atoms with Gasteiger partial charge in [-0.1, -0.05) is 55.5 Å². The molecule has 0 atom stereocenters. The zero-order valence-corrected chi connectivity index (χ0v) is 18.1. The Labute approximate surface area is 184 Å². The van der Waals surface area contributed by atoms with Gasteiger partial charge in [-0.2, -0.15) is 0 Å². The molecule has 2 heterocycles. The van der Waals surface area contributed by atoms with E-state index in [0.717, 1.165) is 22.3 Å². The smallest absolute Gasteiger partial charge is 0.354 e. The maximum Gasteiger partial charge on any atom is 0.354 e. The molecule has 0 bridgehead atoms. The molecule has 4 rings (SSSR count). The molecule has 164 valence electrons. The maximum absolute atomic E-state index is 12.0. The molecule has 9 nitrogen and oxygen atoms in total. The van der Waals surface area contributed by atoms with Gasteiger partial charge in [-0.05, 0) is 41.0 Å². The number of aliphatic hydroxyl groups is 1. The Morgan fingerprint density at radius 3 is 2.34 bits per heavy atom. The number of H-pyrrole nitrogens is 1. The summed E-state index contributed by atoms with van der Waals surface area (Å²) in [5, 5.41) is 34.4. The highest BCUT2D eigenvalue weighted by Crippen LogP contribution is 2.30. The fourth-order valence-corrected chi connectivity index (χ4v) is 3.77. The van der Waals surface area contributed by atoms with Crippen LogP contribution in [-0.4, -0.2) is 46.4 Å². The van der Waals surface area contributed by atoms with E-state index in [1.165, 1.54) is 0 Å². The van der Waals surface area contributed by atoms with Crippen molar-refractivity contribution in [1.82, 2.24) is 30.2 Å². The SMILES string of the molecule is CCc1nc(C(C)(C)O)c(C(=O)O)n1Cc1ccc(-c2ccccc2-c2nnn[nH]2)cc1. The summed E-state index contributed by atoms with van der Waals surface area (Å²) in [6.07, 6.45) is 0.549. The summed E-state index contributed by atoms with van der Waals surface area (Å²) in [5.74, 6) is 0.0910. The van der Waals surface area contributed by atoms with Crippen LogP contribution in [0.2, 0.25) is 0 Å². The molecule has 4 aromatic rings. The highest BCUT2D eigenvalue weighted by atomic mass is 16.4. The van der Waals surface area contributed by atoms with Crippen molar-refractivity contribution in [3.05, 3.63) is 71.3 Å². The molecule has 0 saturated heterocycles. The van der Waals surface area contributed by atoms with Gasteiger partial charge in [-0.25, -0.2) is 14.9 Å². The average Bonchev–Trinajstić information content (AvgIpc) is 3.42. The number of aromatic amines is 1. The number of aromatic carboxylic acids is 1.